The number of nitro groups is 1. The monoisotopic (exact) mass is 273 g/mol. The van der Waals surface area contributed by atoms with Crippen LogP contribution < -0.4 is 5.32 Å². The van der Waals surface area contributed by atoms with E-state index < -0.39 is 4.92 Å². The maximum absolute atomic E-state index is 12.1. The second-order valence-electron chi connectivity index (χ2n) is 4.90. The van der Waals surface area contributed by atoms with Crippen molar-refractivity contribution in [2.24, 2.45) is 5.92 Å². The normalized spacial score (nSPS) is 21.8. The van der Waals surface area contributed by atoms with E-state index in [1.54, 1.807) is 0 Å². The number of nitriles is 1. The number of hydrogen-bond acceptors (Lipinski definition) is 4. The molecule has 0 saturated heterocycles. The summed E-state index contributed by atoms with van der Waals surface area (Å²) in [4.78, 5) is 22.1. The minimum atomic E-state index is -0.505. The average molecular weight is 273 g/mol. The van der Waals surface area contributed by atoms with Gasteiger partial charge in [-0.15, -0.1) is 0 Å². The van der Waals surface area contributed by atoms with E-state index in [-0.39, 0.29) is 23.6 Å². The van der Waals surface area contributed by atoms with Gasteiger partial charge in [-0.2, -0.15) is 5.26 Å². The summed E-state index contributed by atoms with van der Waals surface area (Å²) in [6, 6.07) is 7.57. The molecular formula is C14H15N3O3. The lowest BCUT2D eigenvalue weighted by molar-refractivity contribution is -0.384. The molecule has 1 aromatic rings. The Morgan fingerprint density at radius 2 is 1.95 bits per heavy atom. The van der Waals surface area contributed by atoms with E-state index in [0.29, 0.717) is 5.56 Å². The molecule has 2 rings (SSSR count). The lowest BCUT2D eigenvalue weighted by Crippen LogP contribution is -2.41. The van der Waals surface area contributed by atoms with Gasteiger partial charge in [0.25, 0.3) is 11.6 Å². The van der Waals surface area contributed by atoms with Crippen molar-refractivity contribution in [3.8, 4) is 6.07 Å². The molecule has 1 aromatic carbocycles. The fourth-order valence-electron chi connectivity index (χ4n) is 2.44. The molecule has 0 spiro atoms. The molecule has 1 amide bonds. The first-order valence-corrected chi connectivity index (χ1v) is 6.57. The zero-order chi connectivity index (χ0) is 14.5. The van der Waals surface area contributed by atoms with Gasteiger partial charge < -0.3 is 5.32 Å². The Hall–Kier alpha value is -2.42. The van der Waals surface area contributed by atoms with E-state index in [1.807, 2.05) is 0 Å². The van der Waals surface area contributed by atoms with Gasteiger partial charge in [-0.05, 0) is 25.0 Å². The Bertz CT molecular complexity index is 548. The number of carbonyl (C=O) groups is 1. The zero-order valence-corrected chi connectivity index (χ0v) is 10.9. The predicted octanol–water partition coefficient (Wildman–Crippen LogP) is 2.41. The molecule has 0 unspecified atom stereocenters. The lowest BCUT2D eigenvalue weighted by atomic mass is 9.85. The molecular weight excluding hydrogens is 258 g/mol. The summed E-state index contributed by atoms with van der Waals surface area (Å²) < 4.78 is 0. The first-order chi connectivity index (χ1) is 9.61. The molecule has 104 valence electrons. The van der Waals surface area contributed by atoms with E-state index in [9.17, 15) is 14.9 Å². The van der Waals surface area contributed by atoms with Crippen molar-refractivity contribution in [3.05, 3.63) is 39.9 Å². The summed E-state index contributed by atoms with van der Waals surface area (Å²) in [5.41, 5.74) is 0.326. The highest BCUT2D eigenvalue weighted by molar-refractivity contribution is 5.94. The van der Waals surface area contributed by atoms with Crippen molar-refractivity contribution < 1.29 is 9.72 Å². The Morgan fingerprint density at radius 3 is 2.55 bits per heavy atom. The minimum Gasteiger partial charge on any atom is -0.348 e. The second kappa shape index (κ2) is 6.15. The smallest absolute Gasteiger partial charge is 0.269 e. The highest BCUT2D eigenvalue weighted by atomic mass is 16.6. The largest absolute Gasteiger partial charge is 0.348 e. The molecule has 6 heteroatoms. The van der Waals surface area contributed by atoms with Gasteiger partial charge >= 0.3 is 0 Å². The van der Waals surface area contributed by atoms with Crippen molar-refractivity contribution in [3.63, 3.8) is 0 Å². The van der Waals surface area contributed by atoms with Crippen LogP contribution in [0.2, 0.25) is 0 Å². The number of hydrogen-bond donors (Lipinski definition) is 1. The van der Waals surface area contributed by atoms with E-state index in [0.717, 1.165) is 25.7 Å². The number of amides is 1. The number of rotatable bonds is 3. The van der Waals surface area contributed by atoms with E-state index >= 15 is 0 Å². The molecule has 0 bridgehead atoms. The van der Waals surface area contributed by atoms with Gasteiger partial charge in [0.1, 0.15) is 0 Å². The van der Waals surface area contributed by atoms with Crippen molar-refractivity contribution >= 4 is 11.6 Å². The zero-order valence-electron chi connectivity index (χ0n) is 10.9. The third kappa shape index (κ3) is 3.12. The minimum absolute atomic E-state index is 0.0471. The fourth-order valence-corrected chi connectivity index (χ4v) is 2.44. The van der Waals surface area contributed by atoms with Crippen LogP contribution in [0.25, 0.3) is 0 Å². The van der Waals surface area contributed by atoms with Crippen molar-refractivity contribution in [2.45, 2.75) is 31.7 Å². The van der Waals surface area contributed by atoms with Gasteiger partial charge in [0, 0.05) is 23.7 Å². The highest BCUT2D eigenvalue weighted by Crippen LogP contribution is 2.24. The van der Waals surface area contributed by atoms with Gasteiger partial charge in [-0.25, -0.2) is 0 Å². The average Bonchev–Trinajstić information content (AvgIpc) is 2.48. The number of nitrogens with zero attached hydrogens (tertiary/aromatic N) is 2. The van der Waals surface area contributed by atoms with Crippen molar-refractivity contribution in [1.29, 1.82) is 5.26 Å². The Morgan fingerprint density at radius 1 is 1.30 bits per heavy atom. The molecule has 20 heavy (non-hydrogen) atoms. The summed E-state index contributed by atoms with van der Waals surface area (Å²) in [5.74, 6) is -0.433. The molecule has 0 aromatic heterocycles. The third-order valence-corrected chi connectivity index (χ3v) is 3.59. The molecule has 2 atom stereocenters. The summed E-state index contributed by atoms with van der Waals surface area (Å²) in [6.45, 7) is 0. The van der Waals surface area contributed by atoms with Gasteiger partial charge in [-0.1, -0.05) is 12.8 Å². The second-order valence-corrected chi connectivity index (χ2v) is 4.90. The standard InChI is InChI=1S/C14H15N3O3/c15-9-11-3-1-2-4-13(11)16-14(18)10-5-7-12(8-6-10)17(19)20/h5-8,11,13H,1-4H2,(H,16,18)/t11-,13+/m1/s1. The third-order valence-electron chi connectivity index (χ3n) is 3.59. The molecule has 1 saturated carbocycles. The number of benzene rings is 1. The van der Waals surface area contributed by atoms with Crippen LogP contribution >= 0.6 is 0 Å². The van der Waals surface area contributed by atoms with Crippen molar-refractivity contribution in [2.75, 3.05) is 0 Å². The van der Waals surface area contributed by atoms with E-state index in [4.69, 9.17) is 5.26 Å². The highest BCUT2D eigenvalue weighted by Gasteiger charge is 2.26. The summed E-state index contributed by atoms with van der Waals surface area (Å²) in [7, 11) is 0. The molecule has 0 heterocycles. The SMILES string of the molecule is N#C[C@H]1CCCC[C@@H]1NC(=O)c1ccc([N+](=O)[O-])cc1. The van der Waals surface area contributed by atoms with Gasteiger partial charge in [-0.3, -0.25) is 14.9 Å². The molecule has 0 aliphatic heterocycles. The first-order valence-electron chi connectivity index (χ1n) is 6.57. The Labute approximate surface area is 116 Å². The van der Waals surface area contributed by atoms with Gasteiger partial charge in [0.05, 0.1) is 16.9 Å². The first kappa shape index (κ1) is 14.0. The summed E-state index contributed by atoms with van der Waals surface area (Å²) >= 11 is 0. The van der Waals surface area contributed by atoms with Crippen LogP contribution in [0.1, 0.15) is 36.0 Å². The van der Waals surface area contributed by atoms with Crippen LogP contribution in [-0.4, -0.2) is 16.9 Å². The Balaban J connectivity index is 2.04. The van der Waals surface area contributed by atoms with Crippen LogP contribution in [0.3, 0.4) is 0 Å². The number of carbonyl (C=O) groups excluding carboxylic acids is 1. The van der Waals surface area contributed by atoms with Crippen LogP contribution in [0.15, 0.2) is 24.3 Å². The molecule has 0 radical (unpaired) electrons. The van der Waals surface area contributed by atoms with Crippen LogP contribution in [0.4, 0.5) is 5.69 Å². The molecule has 1 aliphatic rings. The number of nitro benzene ring substituents is 1. The van der Waals surface area contributed by atoms with E-state index in [2.05, 4.69) is 11.4 Å². The number of nitrogens with one attached hydrogen (secondary N) is 1. The fraction of sp³-hybridized carbons (Fsp3) is 0.429. The maximum Gasteiger partial charge on any atom is 0.269 e. The molecule has 1 aliphatic carbocycles. The maximum atomic E-state index is 12.1. The predicted molar refractivity (Wildman–Crippen MR) is 71.9 cm³/mol. The van der Waals surface area contributed by atoms with Crippen molar-refractivity contribution in [1.82, 2.24) is 5.32 Å². The van der Waals surface area contributed by atoms with Crippen LogP contribution in [-0.2, 0) is 0 Å². The lowest BCUT2D eigenvalue weighted by Gasteiger charge is -2.27. The molecule has 1 N–H and O–H groups in total. The van der Waals surface area contributed by atoms with Crippen LogP contribution in [0, 0.1) is 27.4 Å². The van der Waals surface area contributed by atoms with Crippen LogP contribution in [0.5, 0.6) is 0 Å². The quantitative estimate of drug-likeness (QED) is 0.675. The summed E-state index contributed by atoms with van der Waals surface area (Å²) in [6.07, 6.45) is 3.63. The summed E-state index contributed by atoms with van der Waals surface area (Å²) in [5, 5.41) is 22.5. The Kier molecular flexibility index (Phi) is 4.31. The van der Waals surface area contributed by atoms with Gasteiger partial charge in [0.15, 0.2) is 0 Å². The number of non-ortho nitro benzene ring substituents is 1. The molecule has 6 nitrogen and oxygen atoms in total. The molecule has 1 fully saturated rings. The topological polar surface area (TPSA) is 96.0 Å². The van der Waals surface area contributed by atoms with Gasteiger partial charge in [0.2, 0.25) is 0 Å². The van der Waals surface area contributed by atoms with E-state index in [1.165, 1.54) is 24.3 Å².